The van der Waals surface area contributed by atoms with Crippen molar-refractivity contribution in [3.8, 4) is 11.8 Å². The number of Topliss-reactive ketones (excluding diaryl/α,β-unsaturated/α-hetero) is 1. The van der Waals surface area contributed by atoms with E-state index in [4.69, 9.17) is 21.6 Å². The number of carbonyl (C=O) groups excluding carboxylic acids is 2. The molecule has 0 bridgehead atoms. The third kappa shape index (κ3) is 4.84. The molecule has 8 heteroatoms. The molecule has 0 unspecified atom stereocenters. The highest BCUT2D eigenvalue weighted by atomic mass is 35.5. The number of ether oxygens (including phenoxy) is 1. The predicted molar refractivity (Wildman–Crippen MR) is 107 cm³/mol. The van der Waals surface area contributed by atoms with Gasteiger partial charge >= 0.3 is 0 Å². The normalized spacial score (nSPS) is 13.7. The van der Waals surface area contributed by atoms with Crippen LogP contribution in [0.3, 0.4) is 0 Å². The number of carbonyl (C=O) groups is 2. The molecule has 1 aliphatic rings. The van der Waals surface area contributed by atoms with Crippen molar-refractivity contribution in [2.45, 2.75) is 6.92 Å². The zero-order valence-electron chi connectivity index (χ0n) is 15.8. The molecule has 6 nitrogen and oxygen atoms in total. The van der Waals surface area contributed by atoms with E-state index < -0.39 is 5.82 Å². The smallest absolute Gasteiger partial charge is 0.260 e. The Labute approximate surface area is 173 Å². The van der Waals surface area contributed by atoms with Crippen LogP contribution in [0.25, 0.3) is 0 Å². The number of nitriles is 1. The van der Waals surface area contributed by atoms with Gasteiger partial charge in [-0.05, 0) is 43.3 Å². The molecule has 2 aromatic rings. The van der Waals surface area contributed by atoms with Gasteiger partial charge in [0.2, 0.25) is 0 Å². The largest absolute Gasteiger partial charge is 0.482 e. The van der Waals surface area contributed by atoms with Gasteiger partial charge in [-0.2, -0.15) is 5.26 Å². The fraction of sp³-hybridized carbons (Fsp3) is 0.286. The van der Waals surface area contributed by atoms with Crippen LogP contribution in [0.2, 0.25) is 5.02 Å². The summed E-state index contributed by atoms with van der Waals surface area (Å²) in [7, 11) is 0. The van der Waals surface area contributed by atoms with E-state index in [1.54, 1.807) is 29.2 Å². The van der Waals surface area contributed by atoms with Gasteiger partial charge in [0, 0.05) is 31.7 Å². The molecular weight excluding hydrogens is 397 g/mol. The summed E-state index contributed by atoms with van der Waals surface area (Å²) in [6.07, 6.45) is 0. The SMILES string of the molecule is CC(=O)c1ccc(N2CCN(C(=O)COc3ccc(C#N)cc3Cl)CC2)c(F)c1. The zero-order valence-corrected chi connectivity index (χ0v) is 16.6. The van der Waals surface area contributed by atoms with E-state index in [0.717, 1.165) is 0 Å². The molecule has 0 radical (unpaired) electrons. The van der Waals surface area contributed by atoms with Crippen molar-refractivity contribution >= 4 is 29.0 Å². The average molecular weight is 416 g/mol. The predicted octanol–water partition coefficient (Wildman–Crippen LogP) is 3.28. The van der Waals surface area contributed by atoms with Gasteiger partial charge in [0.05, 0.1) is 22.3 Å². The Hall–Kier alpha value is -3.11. The molecule has 1 amide bonds. The van der Waals surface area contributed by atoms with Crippen LogP contribution in [-0.2, 0) is 4.79 Å². The van der Waals surface area contributed by atoms with Crippen LogP contribution in [0, 0.1) is 17.1 Å². The van der Waals surface area contributed by atoms with E-state index in [9.17, 15) is 14.0 Å². The third-order valence-electron chi connectivity index (χ3n) is 4.74. The van der Waals surface area contributed by atoms with Crippen molar-refractivity contribution in [2.75, 3.05) is 37.7 Å². The minimum atomic E-state index is -0.448. The summed E-state index contributed by atoms with van der Waals surface area (Å²) in [5.74, 6) is -0.493. The summed E-state index contributed by atoms with van der Waals surface area (Å²) < 4.78 is 19.8. The highest BCUT2D eigenvalue weighted by molar-refractivity contribution is 6.32. The van der Waals surface area contributed by atoms with E-state index in [1.807, 2.05) is 11.0 Å². The first-order valence-corrected chi connectivity index (χ1v) is 9.42. The Kier molecular flexibility index (Phi) is 6.35. The van der Waals surface area contributed by atoms with Crippen LogP contribution in [-0.4, -0.2) is 49.4 Å². The summed E-state index contributed by atoms with van der Waals surface area (Å²) in [6.45, 7) is 3.02. The molecule has 3 rings (SSSR count). The van der Waals surface area contributed by atoms with Gasteiger partial charge in [0.25, 0.3) is 5.91 Å². The van der Waals surface area contributed by atoms with Crippen LogP contribution >= 0.6 is 11.6 Å². The lowest BCUT2D eigenvalue weighted by Crippen LogP contribution is -2.50. The van der Waals surface area contributed by atoms with E-state index >= 15 is 0 Å². The first kappa shape index (κ1) is 20.6. The van der Waals surface area contributed by atoms with Gasteiger partial charge in [0.15, 0.2) is 12.4 Å². The maximum absolute atomic E-state index is 14.3. The Balaban J connectivity index is 1.55. The maximum atomic E-state index is 14.3. The number of piperazine rings is 1. The number of rotatable bonds is 5. The fourth-order valence-electron chi connectivity index (χ4n) is 3.10. The third-order valence-corrected chi connectivity index (χ3v) is 5.03. The van der Waals surface area contributed by atoms with E-state index in [-0.39, 0.29) is 23.3 Å². The minimum Gasteiger partial charge on any atom is -0.482 e. The molecule has 1 saturated heterocycles. The molecule has 150 valence electrons. The summed E-state index contributed by atoms with van der Waals surface area (Å²) in [5, 5.41) is 9.12. The number of anilines is 1. The van der Waals surface area contributed by atoms with Gasteiger partial charge in [0.1, 0.15) is 11.6 Å². The van der Waals surface area contributed by atoms with Crippen molar-refractivity contribution in [1.29, 1.82) is 5.26 Å². The first-order chi connectivity index (χ1) is 13.9. The monoisotopic (exact) mass is 415 g/mol. The molecule has 1 heterocycles. The summed E-state index contributed by atoms with van der Waals surface area (Å²) in [5.41, 5.74) is 1.16. The second kappa shape index (κ2) is 8.93. The number of ketones is 1. The Morgan fingerprint density at radius 1 is 1.17 bits per heavy atom. The topological polar surface area (TPSA) is 73.6 Å². The highest BCUT2D eigenvalue weighted by Crippen LogP contribution is 2.26. The molecule has 0 N–H and O–H groups in total. The van der Waals surface area contributed by atoms with E-state index in [0.29, 0.717) is 48.7 Å². The lowest BCUT2D eigenvalue weighted by molar-refractivity contribution is -0.133. The van der Waals surface area contributed by atoms with Crippen LogP contribution in [0.5, 0.6) is 5.75 Å². The molecule has 1 fully saturated rings. The summed E-state index contributed by atoms with van der Waals surface area (Å²) >= 11 is 6.05. The van der Waals surface area contributed by atoms with E-state index in [2.05, 4.69) is 0 Å². The number of nitrogens with zero attached hydrogens (tertiary/aromatic N) is 3. The Morgan fingerprint density at radius 2 is 1.90 bits per heavy atom. The molecule has 2 aromatic carbocycles. The number of hydrogen-bond acceptors (Lipinski definition) is 5. The van der Waals surface area contributed by atoms with Gasteiger partial charge < -0.3 is 14.5 Å². The fourth-order valence-corrected chi connectivity index (χ4v) is 3.33. The number of benzene rings is 2. The zero-order chi connectivity index (χ0) is 21.0. The average Bonchev–Trinajstić information content (AvgIpc) is 2.72. The quantitative estimate of drug-likeness (QED) is 0.700. The van der Waals surface area contributed by atoms with Crippen molar-refractivity contribution in [3.63, 3.8) is 0 Å². The maximum Gasteiger partial charge on any atom is 0.260 e. The Bertz CT molecular complexity index is 982. The second-order valence-corrected chi connectivity index (χ2v) is 7.04. The number of halogens is 2. The highest BCUT2D eigenvalue weighted by Gasteiger charge is 2.23. The van der Waals surface area contributed by atoms with Crippen molar-refractivity contribution in [3.05, 3.63) is 58.4 Å². The van der Waals surface area contributed by atoms with Crippen molar-refractivity contribution in [1.82, 2.24) is 4.90 Å². The van der Waals surface area contributed by atoms with Crippen LogP contribution < -0.4 is 9.64 Å². The summed E-state index contributed by atoms with van der Waals surface area (Å²) in [6, 6.07) is 11.0. The summed E-state index contributed by atoms with van der Waals surface area (Å²) in [4.78, 5) is 27.3. The second-order valence-electron chi connectivity index (χ2n) is 6.64. The minimum absolute atomic E-state index is 0.173. The molecular formula is C21H19ClFN3O3. The molecule has 29 heavy (non-hydrogen) atoms. The van der Waals surface area contributed by atoms with Gasteiger partial charge in [-0.1, -0.05) is 11.6 Å². The van der Waals surface area contributed by atoms with E-state index in [1.165, 1.54) is 19.1 Å². The van der Waals surface area contributed by atoms with Crippen LogP contribution in [0.1, 0.15) is 22.8 Å². The molecule has 0 atom stereocenters. The van der Waals surface area contributed by atoms with Crippen molar-refractivity contribution < 1.29 is 18.7 Å². The van der Waals surface area contributed by atoms with Crippen LogP contribution in [0.4, 0.5) is 10.1 Å². The molecule has 1 aliphatic heterocycles. The van der Waals surface area contributed by atoms with Gasteiger partial charge in [-0.15, -0.1) is 0 Å². The molecule has 0 saturated carbocycles. The molecule has 0 spiro atoms. The lowest BCUT2D eigenvalue weighted by Gasteiger charge is -2.36. The lowest BCUT2D eigenvalue weighted by atomic mass is 10.1. The Morgan fingerprint density at radius 3 is 2.48 bits per heavy atom. The molecule has 0 aliphatic carbocycles. The number of hydrogen-bond donors (Lipinski definition) is 0. The number of amides is 1. The van der Waals surface area contributed by atoms with Gasteiger partial charge in [-0.25, -0.2) is 4.39 Å². The first-order valence-electron chi connectivity index (χ1n) is 9.04. The standard InChI is InChI=1S/C21H19ClFN3O3/c1-14(27)16-3-4-19(18(23)11-16)25-6-8-26(9-7-25)21(28)13-29-20-5-2-15(12-24)10-17(20)22/h2-5,10-11H,6-9,13H2,1H3. The molecule has 0 aromatic heterocycles. The van der Waals surface area contributed by atoms with Crippen LogP contribution in [0.15, 0.2) is 36.4 Å². The van der Waals surface area contributed by atoms with Crippen molar-refractivity contribution in [2.24, 2.45) is 0 Å². The van der Waals surface area contributed by atoms with Gasteiger partial charge in [-0.3, -0.25) is 9.59 Å².